The van der Waals surface area contributed by atoms with Crippen LogP contribution in [0, 0.1) is 0 Å². The Hall–Kier alpha value is -2.54. The van der Waals surface area contributed by atoms with Crippen LogP contribution in [0.25, 0.3) is 0 Å². The molecule has 0 heterocycles. The van der Waals surface area contributed by atoms with Crippen LogP contribution in [-0.2, 0) is 54.6 Å². The Labute approximate surface area is 212 Å². The molecule has 0 atom stereocenters. The number of rotatable bonds is 12. The smallest absolute Gasteiger partial charge is 0.495 e. The van der Waals surface area contributed by atoms with Gasteiger partial charge in [-0.1, -0.05) is 21.2 Å². The van der Waals surface area contributed by atoms with Crippen molar-refractivity contribution in [1.82, 2.24) is 0 Å². The van der Waals surface area contributed by atoms with Crippen molar-refractivity contribution in [3.8, 4) is 11.5 Å². The van der Waals surface area contributed by atoms with Crippen LogP contribution < -0.4 is 9.47 Å². The fourth-order valence-corrected chi connectivity index (χ4v) is 5.51. The zero-order chi connectivity index (χ0) is 28.9. The maximum absolute atomic E-state index is 13.2. The van der Waals surface area contributed by atoms with E-state index in [0.29, 0.717) is 12.1 Å². The molecule has 0 spiro atoms. The van der Waals surface area contributed by atoms with Gasteiger partial charge in [0.05, 0.1) is 25.3 Å². The van der Waals surface area contributed by atoms with Gasteiger partial charge in [0.1, 0.15) is 21.3 Å². The molecule has 0 aliphatic rings. The quantitative estimate of drug-likeness (QED) is 0.144. The maximum atomic E-state index is 13.2. The fourth-order valence-electron chi connectivity index (χ4n) is 2.73. The first-order chi connectivity index (χ1) is 17.5. The van der Waals surface area contributed by atoms with E-state index in [1.807, 2.05) is 0 Å². The van der Waals surface area contributed by atoms with Crippen LogP contribution in [0.4, 0.5) is 26.3 Å². The minimum absolute atomic E-state index is 0.437. The van der Waals surface area contributed by atoms with Gasteiger partial charge in [-0.15, -0.1) is 0 Å². The lowest BCUT2D eigenvalue weighted by atomic mass is 10.2. The Morgan fingerprint density at radius 3 is 1.32 bits per heavy atom. The Morgan fingerprint density at radius 2 is 1.03 bits per heavy atom. The fraction of sp³-hybridized carbons (Fsp3) is 0.333. The van der Waals surface area contributed by atoms with E-state index in [4.69, 9.17) is 0 Å². The SMILES string of the molecule is COc1cccc(C(F)(F)F)c1S(=O)(=O)OCO[P+](=O)OCOS(=O)(=O)c1c(OC)cccc1C(F)(F)F. The van der Waals surface area contributed by atoms with Gasteiger partial charge in [0, 0.05) is 4.57 Å². The van der Waals surface area contributed by atoms with Crippen molar-refractivity contribution in [3.63, 3.8) is 0 Å². The molecule has 38 heavy (non-hydrogen) atoms. The summed E-state index contributed by atoms with van der Waals surface area (Å²) in [6, 6.07) is 4.43. The highest BCUT2D eigenvalue weighted by Gasteiger charge is 2.41. The number of ether oxygens (including phenoxy) is 2. The molecule has 11 nitrogen and oxygen atoms in total. The third-order valence-corrected chi connectivity index (χ3v) is 7.52. The Kier molecular flexibility index (Phi) is 10.1. The number of hydrogen-bond acceptors (Lipinski definition) is 11. The van der Waals surface area contributed by atoms with Crippen molar-refractivity contribution in [2.75, 3.05) is 27.8 Å². The van der Waals surface area contributed by atoms with Gasteiger partial charge in [-0.25, -0.2) is 8.37 Å². The zero-order valence-corrected chi connectivity index (χ0v) is 21.4. The molecule has 0 saturated heterocycles. The summed E-state index contributed by atoms with van der Waals surface area (Å²) in [5.74, 6) is -1.46. The van der Waals surface area contributed by atoms with Gasteiger partial charge in [-0.05, 0) is 24.3 Å². The van der Waals surface area contributed by atoms with Crippen LogP contribution in [0.5, 0.6) is 11.5 Å². The molecule has 0 amide bonds. The van der Waals surface area contributed by atoms with Crippen LogP contribution in [0.2, 0.25) is 0 Å². The molecule has 0 aromatic heterocycles. The number of methoxy groups -OCH3 is 2. The van der Waals surface area contributed by atoms with Crippen LogP contribution in [0.15, 0.2) is 46.2 Å². The van der Waals surface area contributed by atoms with E-state index in [9.17, 15) is 47.7 Å². The minimum atomic E-state index is -5.22. The molecule has 2 rings (SSSR count). The first kappa shape index (κ1) is 31.7. The highest BCUT2D eigenvalue weighted by Crippen LogP contribution is 2.41. The molecule has 2 aromatic carbocycles. The highest BCUT2D eigenvalue weighted by molar-refractivity contribution is 7.87. The molecule has 0 aliphatic heterocycles. The minimum Gasteiger partial charge on any atom is -0.495 e. The van der Waals surface area contributed by atoms with E-state index in [2.05, 4.69) is 26.9 Å². The average Bonchev–Trinajstić information content (AvgIpc) is 2.81. The largest absolute Gasteiger partial charge is 0.702 e. The van der Waals surface area contributed by atoms with Crippen molar-refractivity contribution in [3.05, 3.63) is 47.5 Å². The normalized spacial score (nSPS) is 12.8. The molecule has 0 radical (unpaired) electrons. The summed E-state index contributed by atoms with van der Waals surface area (Å²) in [4.78, 5) is -2.80. The van der Waals surface area contributed by atoms with Crippen molar-refractivity contribution in [2.24, 2.45) is 0 Å². The third kappa shape index (κ3) is 7.75. The molecule has 0 saturated carbocycles. The standard InChI is InChI=1S/C18H16F6O11PS2/c1-30-13-7-3-5-11(17(19,20)21)15(13)37(26,27)34-9-32-36(25)33-10-35-38(28,29)16-12(18(22,23)24)6-4-8-14(16)31-2/h3-8H,9-10H2,1-2H3/q+1. The van der Waals surface area contributed by atoms with Gasteiger partial charge in [0.2, 0.25) is 13.6 Å². The number of alkyl halides is 6. The average molecular weight is 617 g/mol. The van der Waals surface area contributed by atoms with E-state index in [0.717, 1.165) is 38.5 Å². The summed E-state index contributed by atoms with van der Waals surface area (Å²) in [5.41, 5.74) is -3.27. The monoisotopic (exact) mass is 617 g/mol. The zero-order valence-electron chi connectivity index (χ0n) is 18.9. The number of hydrogen-bond donors (Lipinski definition) is 0. The van der Waals surface area contributed by atoms with Crippen molar-refractivity contribution < 1.29 is 74.6 Å². The lowest BCUT2D eigenvalue weighted by Crippen LogP contribution is -2.17. The molecule has 0 bridgehead atoms. The van der Waals surface area contributed by atoms with E-state index in [-0.39, 0.29) is 0 Å². The van der Waals surface area contributed by atoms with Crippen molar-refractivity contribution in [1.29, 1.82) is 0 Å². The number of benzene rings is 2. The second-order valence-corrected chi connectivity index (χ2v) is 10.6. The third-order valence-electron chi connectivity index (χ3n) is 4.23. The van der Waals surface area contributed by atoms with Crippen molar-refractivity contribution >= 4 is 28.5 Å². The molecule has 212 valence electrons. The second kappa shape index (κ2) is 12.1. The molecule has 0 unspecified atom stereocenters. The Bertz CT molecular complexity index is 1270. The van der Waals surface area contributed by atoms with Crippen LogP contribution in [-0.4, -0.2) is 44.6 Å². The summed E-state index contributed by atoms with van der Waals surface area (Å²) in [5, 5.41) is 0. The molecule has 20 heteroatoms. The first-order valence-electron chi connectivity index (χ1n) is 9.46. The van der Waals surface area contributed by atoms with Gasteiger partial charge in [0.25, 0.3) is 0 Å². The molecule has 0 fully saturated rings. The lowest BCUT2D eigenvalue weighted by Gasteiger charge is -2.15. The van der Waals surface area contributed by atoms with E-state index in [1.54, 1.807) is 0 Å². The van der Waals surface area contributed by atoms with Crippen LogP contribution in [0.1, 0.15) is 11.1 Å². The van der Waals surface area contributed by atoms with E-state index in [1.165, 1.54) is 0 Å². The lowest BCUT2D eigenvalue weighted by molar-refractivity contribution is -0.140. The number of halogens is 6. The van der Waals surface area contributed by atoms with Gasteiger partial charge in [0.15, 0.2) is 0 Å². The second-order valence-electron chi connectivity index (χ2n) is 6.53. The van der Waals surface area contributed by atoms with Gasteiger partial charge in [-0.2, -0.15) is 43.2 Å². The molecular formula is C18H16F6O11PS2+. The predicted molar refractivity (Wildman–Crippen MR) is 112 cm³/mol. The predicted octanol–water partition coefficient (Wildman–Crippen LogP) is 4.46. The van der Waals surface area contributed by atoms with Crippen LogP contribution in [0.3, 0.4) is 0 Å². The Morgan fingerprint density at radius 1 is 0.684 bits per heavy atom. The van der Waals surface area contributed by atoms with Gasteiger partial charge < -0.3 is 9.47 Å². The summed E-state index contributed by atoms with van der Waals surface area (Å²) in [6.45, 7) is -2.96. The van der Waals surface area contributed by atoms with E-state index < -0.39 is 86.8 Å². The summed E-state index contributed by atoms with van der Waals surface area (Å²) in [7, 11) is -12.1. The topological polar surface area (TPSA) is 141 Å². The summed E-state index contributed by atoms with van der Waals surface area (Å²) < 4.78 is 167. The molecule has 0 N–H and O–H groups in total. The summed E-state index contributed by atoms with van der Waals surface area (Å²) in [6.07, 6.45) is -10.3. The van der Waals surface area contributed by atoms with Crippen LogP contribution >= 0.6 is 8.25 Å². The molecule has 0 aliphatic carbocycles. The molecular weight excluding hydrogens is 601 g/mol. The highest BCUT2D eigenvalue weighted by atomic mass is 32.2. The molecule has 2 aromatic rings. The van der Waals surface area contributed by atoms with Gasteiger partial charge >= 0.3 is 40.8 Å². The maximum Gasteiger partial charge on any atom is 0.702 e. The van der Waals surface area contributed by atoms with E-state index >= 15 is 0 Å². The first-order valence-corrected chi connectivity index (χ1v) is 13.4. The van der Waals surface area contributed by atoms with Gasteiger partial charge in [-0.3, -0.25) is 0 Å². The summed E-state index contributed by atoms with van der Waals surface area (Å²) >= 11 is 0. The Balaban J connectivity index is 2.06. The van der Waals surface area contributed by atoms with Crippen molar-refractivity contribution in [2.45, 2.75) is 22.1 Å².